The minimum absolute atomic E-state index is 0.351. The highest BCUT2D eigenvalue weighted by Crippen LogP contribution is 2.47. The first-order valence-electron chi connectivity index (χ1n) is 6.58. The Balaban J connectivity index is 2.21. The molecule has 7 heteroatoms. The Morgan fingerprint density at radius 3 is 2.26 bits per heavy atom. The Hall–Kier alpha value is -1.76. The van der Waals surface area contributed by atoms with E-state index in [0.29, 0.717) is 33.9 Å². The first-order valence-corrected chi connectivity index (χ1v) is 7.37. The topological polar surface area (TPSA) is 12.4 Å². The summed E-state index contributed by atoms with van der Waals surface area (Å²) in [5.41, 5.74) is -2.31. The van der Waals surface area contributed by atoms with Gasteiger partial charge in [0.1, 0.15) is 17.0 Å². The van der Waals surface area contributed by atoms with Gasteiger partial charge in [-0.05, 0) is 47.9 Å². The summed E-state index contributed by atoms with van der Waals surface area (Å²) in [6.45, 7) is 0. The molecule has 2 aromatic rings. The van der Waals surface area contributed by atoms with Crippen LogP contribution in [0.15, 0.2) is 45.9 Å². The molecule has 1 nitrogen and oxygen atoms in total. The number of benzene rings is 2. The Bertz CT molecular complexity index is 779. The number of aliphatic imine (C=N–C) groups is 1. The SMILES string of the molecule is Fc1cc(F)cc([C@@]2(C(F)(F)F)C=Nc3ccc(Br)cc3C2)c1. The summed E-state index contributed by atoms with van der Waals surface area (Å²) in [6.07, 6.45) is -4.49. The molecule has 0 aromatic heterocycles. The van der Waals surface area contributed by atoms with Gasteiger partial charge in [-0.1, -0.05) is 15.9 Å². The lowest BCUT2D eigenvalue weighted by atomic mass is 9.74. The standard InChI is InChI=1S/C16H9BrF5N/c17-11-1-2-14-9(3-11)7-15(8-23-14,16(20,21)22)10-4-12(18)6-13(19)5-10/h1-6,8H,7H2/t15-/m0/s1. The van der Waals surface area contributed by atoms with Crippen molar-refractivity contribution in [1.82, 2.24) is 0 Å². The van der Waals surface area contributed by atoms with Gasteiger partial charge in [0.2, 0.25) is 0 Å². The molecule has 120 valence electrons. The Kier molecular flexibility index (Phi) is 3.78. The summed E-state index contributed by atoms with van der Waals surface area (Å²) in [7, 11) is 0. The third kappa shape index (κ3) is 2.78. The predicted octanol–water partition coefficient (Wildman–Crippen LogP) is 5.49. The molecule has 0 N–H and O–H groups in total. The van der Waals surface area contributed by atoms with Crippen LogP contribution in [0.2, 0.25) is 0 Å². The van der Waals surface area contributed by atoms with Crippen LogP contribution in [0.25, 0.3) is 0 Å². The van der Waals surface area contributed by atoms with E-state index in [-0.39, 0.29) is 0 Å². The summed E-state index contributed by atoms with van der Waals surface area (Å²) >= 11 is 3.20. The maximum atomic E-state index is 13.8. The van der Waals surface area contributed by atoms with Crippen LogP contribution < -0.4 is 0 Å². The fraction of sp³-hybridized carbons (Fsp3) is 0.188. The third-order valence-corrected chi connectivity index (χ3v) is 4.31. The van der Waals surface area contributed by atoms with Crippen molar-refractivity contribution in [1.29, 1.82) is 0 Å². The second-order valence-electron chi connectivity index (χ2n) is 5.34. The van der Waals surface area contributed by atoms with Crippen molar-refractivity contribution in [2.24, 2.45) is 4.99 Å². The monoisotopic (exact) mass is 389 g/mol. The van der Waals surface area contributed by atoms with Crippen LogP contribution >= 0.6 is 15.9 Å². The lowest BCUT2D eigenvalue weighted by molar-refractivity contribution is -0.168. The summed E-state index contributed by atoms with van der Waals surface area (Å²) in [4.78, 5) is 3.88. The van der Waals surface area contributed by atoms with E-state index in [4.69, 9.17) is 0 Å². The van der Waals surface area contributed by atoms with Crippen LogP contribution in [0.5, 0.6) is 0 Å². The molecule has 0 saturated heterocycles. The van der Waals surface area contributed by atoms with E-state index >= 15 is 0 Å². The van der Waals surface area contributed by atoms with E-state index in [1.54, 1.807) is 12.1 Å². The number of hydrogen-bond donors (Lipinski definition) is 0. The maximum Gasteiger partial charge on any atom is 0.403 e. The van der Waals surface area contributed by atoms with Crippen LogP contribution in [-0.4, -0.2) is 12.4 Å². The van der Waals surface area contributed by atoms with Gasteiger partial charge in [-0.15, -0.1) is 0 Å². The van der Waals surface area contributed by atoms with Gasteiger partial charge in [-0.2, -0.15) is 13.2 Å². The van der Waals surface area contributed by atoms with E-state index in [0.717, 1.165) is 6.21 Å². The first kappa shape index (κ1) is 16.1. The number of fused-ring (bicyclic) bond motifs is 1. The molecule has 0 amide bonds. The second-order valence-corrected chi connectivity index (χ2v) is 6.25. The van der Waals surface area contributed by atoms with Gasteiger partial charge < -0.3 is 0 Å². The Labute approximate surface area is 137 Å². The van der Waals surface area contributed by atoms with Crippen LogP contribution in [-0.2, 0) is 11.8 Å². The molecule has 0 spiro atoms. The molecule has 1 aliphatic heterocycles. The van der Waals surface area contributed by atoms with Crippen LogP contribution in [0.3, 0.4) is 0 Å². The Morgan fingerprint density at radius 1 is 1.00 bits per heavy atom. The van der Waals surface area contributed by atoms with Crippen molar-refractivity contribution in [3.8, 4) is 0 Å². The summed E-state index contributed by atoms with van der Waals surface area (Å²) < 4.78 is 68.9. The normalized spacial score (nSPS) is 20.4. The largest absolute Gasteiger partial charge is 0.403 e. The number of halogens is 6. The van der Waals surface area contributed by atoms with E-state index in [2.05, 4.69) is 20.9 Å². The van der Waals surface area contributed by atoms with E-state index in [1.165, 1.54) is 6.07 Å². The number of alkyl halides is 3. The first-order chi connectivity index (χ1) is 10.7. The minimum Gasteiger partial charge on any atom is -0.260 e. The smallest absolute Gasteiger partial charge is 0.260 e. The van der Waals surface area contributed by atoms with E-state index in [9.17, 15) is 22.0 Å². The maximum absolute atomic E-state index is 13.8. The van der Waals surface area contributed by atoms with Crippen LogP contribution in [0.4, 0.5) is 27.6 Å². The fourth-order valence-corrected chi connectivity index (χ4v) is 3.08. The summed E-state index contributed by atoms with van der Waals surface area (Å²) in [5, 5.41) is 0. The van der Waals surface area contributed by atoms with Gasteiger partial charge in [0, 0.05) is 16.8 Å². The second kappa shape index (κ2) is 5.40. The average molecular weight is 390 g/mol. The molecule has 0 unspecified atom stereocenters. The van der Waals surface area contributed by atoms with Crippen molar-refractivity contribution in [3.63, 3.8) is 0 Å². The van der Waals surface area contributed by atoms with Crippen molar-refractivity contribution in [2.45, 2.75) is 18.0 Å². The highest BCUT2D eigenvalue weighted by atomic mass is 79.9. The Morgan fingerprint density at radius 2 is 1.65 bits per heavy atom. The van der Waals surface area contributed by atoms with Gasteiger partial charge in [-0.3, -0.25) is 4.99 Å². The molecule has 0 radical (unpaired) electrons. The molecule has 0 saturated carbocycles. The number of rotatable bonds is 1. The summed E-state index contributed by atoms with van der Waals surface area (Å²) in [6, 6.07) is 6.72. The van der Waals surface area contributed by atoms with Gasteiger partial charge >= 0.3 is 6.18 Å². The highest BCUT2D eigenvalue weighted by Gasteiger charge is 2.56. The molecule has 1 heterocycles. The molecule has 0 bridgehead atoms. The van der Waals surface area contributed by atoms with Crippen LogP contribution in [0, 0.1) is 11.6 Å². The van der Waals surface area contributed by atoms with Gasteiger partial charge in [-0.25, -0.2) is 8.78 Å². The molecule has 3 rings (SSSR count). The molecule has 0 aliphatic carbocycles. The highest BCUT2D eigenvalue weighted by molar-refractivity contribution is 9.10. The quantitative estimate of drug-likeness (QED) is 0.572. The molecular formula is C16H9BrF5N. The van der Waals surface area contributed by atoms with Crippen molar-refractivity contribution >= 4 is 27.8 Å². The molecule has 2 aromatic carbocycles. The molecule has 1 aliphatic rings. The zero-order valence-electron chi connectivity index (χ0n) is 11.5. The predicted molar refractivity (Wildman–Crippen MR) is 80.1 cm³/mol. The van der Waals surface area contributed by atoms with Gasteiger partial charge in [0.05, 0.1) is 5.69 Å². The van der Waals surface area contributed by atoms with Crippen molar-refractivity contribution in [3.05, 3.63) is 63.6 Å². The van der Waals surface area contributed by atoms with E-state index in [1.807, 2.05) is 0 Å². The zero-order valence-corrected chi connectivity index (χ0v) is 13.0. The van der Waals surface area contributed by atoms with Gasteiger partial charge in [0.25, 0.3) is 0 Å². The molecule has 0 fully saturated rings. The number of hydrogen-bond acceptors (Lipinski definition) is 1. The molecule has 1 atom stereocenters. The zero-order chi connectivity index (χ0) is 16.8. The molecular weight excluding hydrogens is 381 g/mol. The minimum atomic E-state index is -4.75. The summed E-state index contributed by atoms with van der Waals surface area (Å²) in [5.74, 6) is -2.12. The van der Waals surface area contributed by atoms with E-state index < -0.39 is 35.2 Å². The van der Waals surface area contributed by atoms with Crippen molar-refractivity contribution in [2.75, 3.05) is 0 Å². The molecule has 23 heavy (non-hydrogen) atoms. The average Bonchev–Trinajstić information content (AvgIpc) is 2.44. The van der Waals surface area contributed by atoms with Gasteiger partial charge in [0.15, 0.2) is 0 Å². The lowest BCUT2D eigenvalue weighted by Crippen LogP contribution is -2.47. The van der Waals surface area contributed by atoms with Crippen molar-refractivity contribution < 1.29 is 22.0 Å². The third-order valence-electron chi connectivity index (χ3n) is 3.82. The fourth-order valence-electron chi connectivity index (χ4n) is 2.67. The van der Waals surface area contributed by atoms with Crippen LogP contribution in [0.1, 0.15) is 11.1 Å². The lowest BCUT2D eigenvalue weighted by Gasteiger charge is -2.35. The number of nitrogens with zero attached hydrogens (tertiary/aromatic N) is 1.